The minimum absolute atomic E-state index is 0.624. The molecule has 1 rings (SSSR count). The highest BCUT2D eigenvalue weighted by Crippen LogP contribution is 2.14. The van der Waals surface area contributed by atoms with Gasteiger partial charge in [-0.3, -0.25) is 4.90 Å². The first-order valence-corrected chi connectivity index (χ1v) is 6.15. The minimum Gasteiger partial charge on any atom is -0.297 e. The van der Waals surface area contributed by atoms with Crippen molar-refractivity contribution in [3.05, 3.63) is 35.4 Å². The lowest BCUT2D eigenvalue weighted by Crippen LogP contribution is -2.19. The van der Waals surface area contributed by atoms with Crippen molar-refractivity contribution in [2.24, 2.45) is 0 Å². The van der Waals surface area contributed by atoms with Crippen LogP contribution in [0.15, 0.2) is 24.3 Å². The second-order valence-corrected chi connectivity index (χ2v) is 4.65. The van der Waals surface area contributed by atoms with E-state index in [1.807, 2.05) is 0 Å². The molecule has 0 spiro atoms. The molecule has 0 heterocycles. The van der Waals surface area contributed by atoms with Crippen molar-refractivity contribution in [3.63, 3.8) is 0 Å². The fourth-order valence-corrected chi connectivity index (χ4v) is 1.60. The largest absolute Gasteiger partial charge is 0.297 e. The van der Waals surface area contributed by atoms with E-state index in [1.165, 1.54) is 11.1 Å². The van der Waals surface area contributed by atoms with Crippen LogP contribution in [0.25, 0.3) is 0 Å². The number of hydrogen-bond acceptors (Lipinski definition) is 2. The zero-order chi connectivity index (χ0) is 11.3. The summed E-state index contributed by atoms with van der Waals surface area (Å²) >= 11 is 4.23. The highest BCUT2D eigenvalue weighted by Gasteiger charge is 2.00. The molecular formula is C13H21NS. The molecule has 0 radical (unpaired) electrons. The van der Waals surface area contributed by atoms with Gasteiger partial charge in [0.1, 0.15) is 0 Å². The highest BCUT2D eigenvalue weighted by atomic mass is 32.1. The van der Waals surface area contributed by atoms with Crippen LogP contribution in [0.5, 0.6) is 0 Å². The van der Waals surface area contributed by atoms with Gasteiger partial charge in [0, 0.05) is 12.4 Å². The van der Waals surface area contributed by atoms with Gasteiger partial charge in [0.25, 0.3) is 0 Å². The quantitative estimate of drug-likeness (QED) is 0.593. The first-order chi connectivity index (χ1) is 7.13. The van der Waals surface area contributed by atoms with Gasteiger partial charge in [-0.25, -0.2) is 0 Å². The number of thiol groups is 1. The third-order valence-corrected chi connectivity index (χ3v) is 3.15. The smallest absolute Gasteiger partial charge is 0.0411 e. The van der Waals surface area contributed by atoms with Crippen LogP contribution in [0, 0.1) is 0 Å². The molecule has 0 aromatic heterocycles. The molecule has 0 aliphatic rings. The van der Waals surface area contributed by atoms with E-state index in [0.29, 0.717) is 5.92 Å². The summed E-state index contributed by atoms with van der Waals surface area (Å²) in [4.78, 5) is 2.21. The van der Waals surface area contributed by atoms with Gasteiger partial charge >= 0.3 is 0 Å². The van der Waals surface area contributed by atoms with Gasteiger partial charge in [0.15, 0.2) is 0 Å². The van der Waals surface area contributed by atoms with Crippen LogP contribution >= 0.6 is 12.6 Å². The molecule has 0 unspecified atom stereocenters. The van der Waals surface area contributed by atoms with E-state index in [4.69, 9.17) is 0 Å². The van der Waals surface area contributed by atoms with E-state index in [9.17, 15) is 0 Å². The number of nitrogens with zero attached hydrogens (tertiary/aromatic N) is 1. The Morgan fingerprint density at radius 1 is 1.20 bits per heavy atom. The predicted octanol–water partition coefficient (Wildman–Crippen LogP) is 3.17. The Hall–Kier alpha value is -0.470. The molecule has 0 saturated heterocycles. The summed E-state index contributed by atoms with van der Waals surface area (Å²) in [7, 11) is 2.09. The molecule has 84 valence electrons. The Kier molecular flexibility index (Phi) is 5.20. The third kappa shape index (κ3) is 4.27. The molecule has 0 aliphatic carbocycles. The maximum atomic E-state index is 4.23. The number of rotatable bonds is 5. The second-order valence-electron chi connectivity index (χ2n) is 4.37. The average Bonchev–Trinajstić information content (AvgIpc) is 2.26. The van der Waals surface area contributed by atoms with Crippen LogP contribution in [0.1, 0.15) is 30.9 Å². The standard InChI is InChI=1S/C13H21NS/c1-11(2)13-6-4-12(5-7-13)8-9-14(3)10-15/h4-7,11,15H,8-10H2,1-3H3. The predicted molar refractivity (Wildman–Crippen MR) is 70.7 cm³/mol. The molecular weight excluding hydrogens is 202 g/mol. The van der Waals surface area contributed by atoms with Crippen molar-refractivity contribution in [2.75, 3.05) is 19.5 Å². The van der Waals surface area contributed by atoms with Crippen molar-refractivity contribution in [1.29, 1.82) is 0 Å². The van der Waals surface area contributed by atoms with E-state index >= 15 is 0 Å². The molecule has 2 heteroatoms. The minimum atomic E-state index is 0.624. The summed E-state index contributed by atoms with van der Waals surface area (Å²) in [6, 6.07) is 8.95. The SMILES string of the molecule is CC(C)c1ccc(CCN(C)CS)cc1. The van der Waals surface area contributed by atoms with Crippen molar-refractivity contribution < 1.29 is 0 Å². The van der Waals surface area contributed by atoms with Gasteiger partial charge in [0.05, 0.1) is 0 Å². The molecule has 0 N–H and O–H groups in total. The van der Waals surface area contributed by atoms with Gasteiger partial charge in [-0.1, -0.05) is 38.1 Å². The topological polar surface area (TPSA) is 3.24 Å². The first kappa shape index (κ1) is 12.6. The Balaban J connectivity index is 2.50. The van der Waals surface area contributed by atoms with Crippen molar-refractivity contribution in [3.8, 4) is 0 Å². The third-order valence-electron chi connectivity index (χ3n) is 2.67. The fourth-order valence-electron chi connectivity index (χ4n) is 1.46. The monoisotopic (exact) mass is 223 g/mol. The zero-order valence-electron chi connectivity index (χ0n) is 9.90. The van der Waals surface area contributed by atoms with Gasteiger partial charge in [-0.05, 0) is 30.5 Å². The van der Waals surface area contributed by atoms with Crippen molar-refractivity contribution in [1.82, 2.24) is 4.90 Å². The van der Waals surface area contributed by atoms with E-state index in [1.54, 1.807) is 0 Å². The summed E-state index contributed by atoms with van der Waals surface area (Å²) in [6.07, 6.45) is 1.11. The lowest BCUT2D eigenvalue weighted by atomic mass is 10.0. The molecule has 0 bridgehead atoms. The van der Waals surface area contributed by atoms with Gasteiger partial charge in [0.2, 0.25) is 0 Å². The van der Waals surface area contributed by atoms with Crippen LogP contribution < -0.4 is 0 Å². The summed E-state index contributed by atoms with van der Waals surface area (Å²) in [5.74, 6) is 1.45. The molecule has 0 amide bonds. The lowest BCUT2D eigenvalue weighted by molar-refractivity contribution is 0.399. The summed E-state index contributed by atoms with van der Waals surface area (Å²) in [6.45, 7) is 5.53. The van der Waals surface area contributed by atoms with E-state index in [-0.39, 0.29) is 0 Å². The molecule has 0 aliphatic heterocycles. The normalized spacial score (nSPS) is 11.3. The number of benzene rings is 1. The molecule has 0 fully saturated rings. The molecule has 1 nitrogen and oxygen atoms in total. The number of likely N-dealkylation sites (N-methyl/N-ethyl adjacent to an activating group) is 1. The van der Waals surface area contributed by atoms with E-state index in [2.05, 4.69) is 62.7 Å². The second kappa shape index (κ2) is 6.19. The molecule has 0 saturated carbocycles. The highest BCUT2D eigenvalue weighted by molar-refractivity contribution is 7.80. The Morgan fingerprint density at radius 2 is 1.80 bits per heavy atom. The van der Waals surface area contributed by atoms with Crippen LogP contribution in [0.4, 0.5) is 0 Å². The van der Waals surface area contributed by atoms with Gasteiger partial charge in [-0.15, -0.1) is 0 Å². The maximum Gasteiger partial charge on any atom is 0.0411 e. The summed E-state index contributed by atoms with van der Waals surface area (Å²) in [5, 5.41) is 0. The summed E-state index contributed by atoms with van der Waals surface area (Å²) in [5.41, 5.74) is 2.83. The Bertz CT molecular complexity index is 279. The van der Waals surface area contributed by atoms with E-state index in [0.717, 1.165) is 18.8 Å². The summed E-state index contributed by atoms with van der Waals surface area (Å²) < 4.78 is 0. The van der Waals surface area contributed by atoms with Crippen LogP contribution in [-0.2, 0) is 6.42 Å². The van der Waals surface area contributed by atoms with Crippen LogP contribution in [0.3, 0.4) is 0 Å². The van der Waals surface area contributed by atoms with Crippen molar-refractivity contribution >= 4 is 12.6 Å². The Labute approximate surface area is 98.9 Å². The average molecular weight is 223 g/mol. The molecule has 1 aromatic carbocycles. The fraction of sp³-hybridized carbons (Fsp3) is 0.538. The maximum absolute atomic E-state index is 4.23. The van der Waals surface area contributed by atoms with Crippen LogP contribution in [-0.4, -0.2) is 24.4 Å². The molecule has 15 heavy (non-hydrogen) atoms. The zero-order valence-corrected chi connectivity index (χ0v) is 10.8. The number of hydrogen-bond donors (Lipinski definition) is 1. The van der Waals surface area contributed by atoms with Gasteiger partial charge in [-0.2, -0.15) is 12.6 Å². The molecule has 0 atom stereocenters. The van der Waals surface area contributed by atoms with Crippen molar-refractivity contribution in [2.45, 2.75) is 26.2 Å². The van der Waals surface area contributed by atoms with E-state index < -0.39 is 0 Å². The Morgan fingerprint density at radius 3 is 2.27 bits per heavy atom. The first-order valence-electron chi connectivity index (χ1n) is 5.51. The van der Waals surface area contributed by atoms with Crippen LogP contribution in [0.2, 0.25) is 0 Å². The van der Waals surface area contributed by atoms with Gasteiger partial charge < -0.3 is 0 Å². The lowest BCUT2D eigenvalue weighted by Gasteiger charge is -2.13. The molecule has 1 aromatic rings.